The van der Waals surface area contributed by atoms with Gasteiger partial charge in [-0.3, -0.25) is 0 Å². The highest BCUT2D eigenvalue weighted by Gasteiger charge is 2.03. The van der Waals surface area contributed by atoms with Gasteiger partial charge in [0.25, 0.3) is 0 Å². The second-order valence-electron chi connectivity index (χ2n) is 3.95. The molecule has 0 unspecified atom stereocenters. The predicted molar refractivity (Wildman–Crippen MR) is 58.0 cm³/mol. The zero-order valence-corrected chi connectivity index (χ0v) is 9.18. The quantitative estimate of drug-likeness (QED) is 0.714. The van der Waals surface area contributed by atoms with Crippen molar-refractivity contribution in [1.82, 2.24) is 4.90 Å². The average molecular weight is 195 g/mol. The Morgan fingerprint density at radius 2 is 2.00 bits per heavy atom. The van der Waals surface area contributed by atoms with Crippen LogP contribution in [-0.4, -0.2) is 25.5 Å². The third-order valence-corrected chi connectivity index (χ3v) is 2.32. The lowest BCUT2D eigenvalue weighted by molar-refractivity contribution is 0.399. The van der Waals surface area contributed by atoms with Crippen molar-refractivity contribution in [3.63, 3.8) is 0 Å². The summed E-state index contributed by atoms with van der Waals surface area (Å²) >= 11 is 0. The fraction of sp³-hybridized carbons (Fsp3) is 0.500. The van der Waals surface area contributed by atoms with Crippen molar-refractivity contribution >= 4 is 0 Å². The van der Waals surface area contributed by atoms with Crippen LogP contribution in [0.25, 0.3) is 0 Å². The van der Waals surface area contributed by atoms with E-state index in [2.05, 4.69) is 4.90 Å². The van der Waals surface area contributed by atoms with Crippen LogP contribution in [0, 0.1) is 12.7 Å². The van der Waals surface area contributed by atoms with Gasteiger partial charge >= 0.3 is 0 Å². The number of aryl methyl sites for hydroxylation is 2. The van der Waals surface area contributed by atoms with Gasteiger partial charge in [-0.15, -0.1) is 0 Å². The Labute approximate surface area is 85.5 Å². The molecule has 0 aliphatic carbocycles. The van der Waals surface area contributed by atoms with Crippen LogP contribution in [0.1, 0.15) is 17.5 Å². The summed E-state index contributed by atoms with van der Waals surface area (Å²) < 4.78 is 13.5. The van der Waals surface area contributed by atoms with Crippen LogP contribution in [0.5, 0.6) is 0 Å². The Morgan fingerprint density at radius 3 is 2.64 bits per heavy atom. The molecule has 0 saturated carbocycles. The van der Waals surface area contributed by atoms with Crippen LogP contribution in [-0.2, 0) is 6.42 Å². The minimum Gasteiger partial charge on any atom is -0.309 e. The highest BCUT2D eigenvalue weighted by Crippen LogP contribution is 2.13. The summed E-state index contributed by atoms with van der Waals surface area (Å²) in [6, 6.07) is 5.60. The lowest BCUT2D eigenvalue weighted by Crippen LogP contribution is -2.13. The molecule has 0 radical (unpaired) electrons. The zero-order valence-electron chi connectivity index (χ0n) is 9.18. The smallest absolute Gasteiger partial charge is 0.129 e. The van der Waals surface area contributed by atoms with Gasteiger partial charge in [0.1, 0.15) is 5.82 Å². The molecule has 2 heteroatoms. The monoisotopic (exact) mass is 195 g/mol. The van der Waals surface area contributed by atoms with Crippen LogP contribution in [0.3, 0.4) is 0 Å². The van der Waals surface area contributed by atoms with Gasteiger partial charge in [-0.2, -0.15) is 0 Å². The van der Waals surface area contributed by atoms with Crippen molar-refractivity contribution in [2.24, 2.45) is 0 Å². The summed E-state index contributed by atoms with van der Waals surface area (Å²) in [4.78, 5) is 2.12. The maximum absolute atomic E-state index is 13.5. The van der Waals surface area contributed by atoms with E-state index < -0.39 is 0 Å². The molecule has 1 aromatic carbocycles. The van der Waals surface area contributed by atoms with Crippen LogP contribution < -0.4 is 0 Å². The zero-order chi connectivity index (χ0) is 10.6. The molecule has 78 valence electrons. The molecule has 0 spiro atoms. The lowest BCUT2D eigenvalue weighted by atomic mass is 10.1. The van der Waals surface area contributed by atoms with Crippen LogP contribution in [0.15, 0.2) is 18.2 Å². The molecular formula is C12H18FN. The summed E-state index contributed by atoms with van der Waals surface area (Å²) in [5.41, 5.74) is 1.58. The molecule has 1 aromatic rings. The second-order valence-corrected chi connectivity index (χ2v) is 3.95. The Balaban J connectivity index is 2.54. The third kappa shape index (κ3) is 3.11. The summed E-state index contributed by atoms with van der Waals surface area (Å²) in [5.74, 6) is -0.0359. The molecule has 1 rings (SSSR count). The number of nitrogens with zero attached hydrogens (tertiary/aromatic N) is 1. The first-order valence-corrected chi connectivity index (χ1v) is 5.00. The number of hydrogen-bond acceptors (Lipinski definition) is 1. The topological polar surface area (TPSA) is 3.24 Å². The number of benzene rings is 1. The van der Waals surface area contributed by atoms with E-state index in [4.69, 9.17) is 0 Å². The van der Waals surface area contributed by atoms with Crippen LogP contribution >= 0.6 is 0 Å². The van der Waals surface area contributed by atoms with E-state index >= 15 is 0 Å². The van der Waals surface area contributed by atoms with E-state index in [1.807, 2.05) is 39.2 Å². The summed E-state index contributed by atoms with van der Waals surface area (Å²) in [7, 11) is 4.07. The molecule has 0 aromatic heterocycles. The lowest BCUT2D eigenvalue weighted by Gasteiger charge is -2.09. The second kappa shape index (κ2) is 5.11. The first-order valence-electron chi connectivity index (χ1n) is 5.00. The van der Waals surface area contributed by atoms with Crippen molar-refractivity contribution in [2.75, 3.05) is 20.6 Å². The summed E-state index contributed by atoms with van der Waals surface area (Å²) in [5, 5.41) is 0. The molecule has 0 bridgehead atoms. The van der Waals surface area contributed by atoms with E-state index in [0.29, 0.717) is 0 Å². The Morgan fingerprint density at radius 1 is 1.29 bits per heavy atom. The number of rotatable bonds is 4. The van der Waals surface area contributed by atoms with Gasteiger partial charge in [0.2, 0.25) is 0 Å². The molecule has 14 heavy (non-hydrogen) atoms. The largest absolute Gasteiger partial charge is 0.309 e. The van der Waals surface area contributed by atoms with Crippen molar-refractivity contribution in [3.05, 3.63) is 35.1 Å². The van der Waals surface area contributed by atoms with Gasteiger partial charge in [0.15, 0.2) is 0 Å². The van der Waals surface area contributed by atoms with E-state index in [-0.39, 0.29) is 5.82 Å². The molecule has 0 aliphatic rings. The summed E-state index contributed by atoms with van der Waals surface area (Å²) in [6.45, 7) is 2.82. The predicted octanol–water partition coefficient (Wildman–Crippen LogP) is 2.63. The van der Waals surface area contributed by atoms with Crippen LogP contribution in [0.4, 0.5) is 4.39 Å². The maximum atomic E-state index is 13.5. The van der Waals surface area contributed by atoms with Crippen molar-refractivity contribution < 1.29 is 4.39 Å². The molecule has 0 N–H and O–H groups in total. The SMILES string of the molecule is Cc1cccc(CCCN(C)C)c1F. The average Bonchev–Trinajstić information content (AvgIpc) is 2.12. The molecular weight excluding hydrogens is 177 g/mol. The first kappa shape index (κ1) is 11.2. The molecule has 1 nitrogen and oxygen atoms in total. The Kier molecular flexibility index (Phi) is 4.08. The normalized spacial score (nSPS) is 10.9. The van der Waals surface area contributed by atoms with Gasteiger partial charge in [0, 0.05) is 0 Å². The van der Waals surface area contributed by atoms with E-state index in [9.17, 15) is 4.39 Å². The van der Waals surface area contributed by atoms with Crippen molar-refractivity contribution in [1.29, 1.82) is 0 Å². The molecule has 0 aliphatic heterocycles. The van der Waals surface area contributed by atoms with Gasteiger partial charge in [-0.1, -0.05) is 18.2 Å². The fourth-order valence-electron chi connectivity index (χ4n) is 1.49. The van der Waals surface area contributed by atoms with Crippen LogP contribution in [0.2, 0.25) is 0 Å². The van der Waals surface area contributed by atoms with E-state index in [1.165, 1.54) is 0 Å². The highest BCUT2D eigenvalue weighted by atomic mass is 19.1. The molecule has 0 fully saturated rings. The van der Waals surface area contributed by atoms with Crippen molar-refractivity contribution in [3.8, 4) is 0 Å². The Bertz CT molecular complexity index is 294. The van der Waals surface area contributed by atoms with Gasteiger partial charge in [-0.25, -0.2) is 4.39 Å². The minimum atomic E-state index is -0.0359. The molecule has 0 heterocycles. The van der Waals surface area contributed by atoms with Crippen molar-refractivity contribution in [2.45, 2.75) is 19.8 Å². The standard InChI is InChI=1S/C12H18FN/c1-10-6-4-7-11(12(10)13)8-5-9-14(2)3/h4,6-7H,5,8-9H2,1-3H3. The van der Waals surface area contributed by atoms with Gasteiger partial charge < -0.3 is 4.90 Å². The first-order chi connectivity index (χ1) is 6.61. The fourth-order valence-corrected chi connectivity index (χ4v) is 1.49. The highest BCUT2D eigenvalue weighted by molar-refractivity contribution is 5.24. The Hall–Kier alpha value is -0.890. The van der Waals surface area contributed by atoms with E-state index in [0.717, 1.165) is 30.5 Å². The van der Waals surface area contributed by atoms with Gasteiger partial charge in [0.05, 0.1) is 0 Å². The maximum Gasteiger partial charge on any atom is 0.129 e. The molecule has 0 saturated heterocycles. The van der Waals surface area contributed by atoms with Gasteiger partial charge in [-0.05, 0) is 51.5 Å². The number of halogens is 1. The molecule has 0 amide bonds. The number of hydrogen-bond donors (Lipinski definition) is 0. The van der Waals surface area contributed by atoms with E-state index in [1.54, 1.807) is 0 Å². The third-order valence-electron chi connectivity index (χ3n) is 2.32. The minimum absolute atomic E-state index is 0.0359. The molecule has 0 atom stereocenters. The summed E-state index contributed by atoms with van der Waals surface area (Å²) in [6.07, 6.45) is 1.83.